The summed E-state index contributed by atoms with van der Waals surface area (Å²) in [7, 11) is 0. The SMILES string of the molecule is CCCCSc1nsnc1C1CN2CCC1C2.O=C(O)/C=C/C(=O)O. The van der Waals surface area contributed by atoms with Crippen molar-refractivity contribution in [2.24, 2.45) is 5.92 Å². The summed E-state index contributed by atoms with van der Waals surface area (Å²) in [6.45, 7) is 6.06. The lowest BCUT2D eigenvalue weighted by Crippen LogP contribution is -2.22. The molecule has 2 aliphatic rings. The summed E-state index contributed by atoms with van der Waals surface area (Å²) in [5, 5.41) is 16.8. The molecule has 2 bridgehead atoms. The quantitative estimate of drug-likeness (QED) is 0.419. The van der Waals surface area contributed by atoms with Gasteiger partial charge in [-0.05, 0) is 31.1 Å². The van der Waals surface area contributed by atoms with Crippen LogP contribution in [0.25, 0.3) is 0 Å². The van der Waals surface area contributed by atoms with E-state index in [1.165, 1.54) is 67.1 Å². The van der Waals surface area contributed by atoms with E-state index in [4.69, 9.17) is 10.2 Å². The Balaban J connectivity index is 0.000000242. The number of rotatable bonds is 7. The molecule has 0 aromatic carbocycles. The van der Waals surface area contributed by atoms with E-state index in [2.05, 4.69) is 20.6 Å². The van der Waals surface area contributed by atoms with Gasteiger partial charge in [-0.25, -0.2) is 9.59 Å². The molecule has 7 nitrogen and oxygen atoms in total. The van der Waals surface area contributed by atoms with E-state index in [1.807, 2.05) is 11.8 Å². The van der Waals surface area contributed by atoms with Crippen LogP contribution in [0.15, 0.2) is 17.2 Å². The number of aliphatic carboxylic acids is 2. The van der Waals surface area contributed by atoms with Crippen LogP contribution in [0.4, 0.5) is 0 Å². The fraction of sp³-hybridized carbons (Fsp3) is 0.625. The zero-order chi connectivity index (χ0) is 18.2. The van der Waals surface area contributed by atoms with E-state index < -0.39 is 11.9 Å². The van der Waals surface area contributed by atoms with Gasteiger partial charge in [-0.1, -0.05) is 13.3 Å². The molecule has 0 radical (unpaired) electrons. The van der Waals surface area contributed by atoms with E-state index in [9.17, 15) is 9.59 Å². The van der Waals surface area contributed by atoms with Crippen molar-refractivity contribution in [3.63, 3.8) is 0 Å². The van der Waals surface area contributed by atoms with E-state index in [0.29, 0.717) is 18.1 Å². The number of nitrogens with zero attached hydrogens (tertiary/aromatic N) is 3. The van der Waals surface area contributed by atoms with Gasteiger partial charge in [0.05, 0.1) is 17.4 Å². The predicted molar refractivity (Wildman–Crippen MR) is 97.2 cm³/mol. The molecule has 3 rings (SSSR count). The maximum Gasteiger partial charge on any atom is 0.328 e. The molecule has 2 N–H and O–H groups in total. The average Bonchev–Trinajstić information content (AvgIpc) is 3.30. The first-order chi connectivity index (χ1) is 12.0. The number of hydrogen-bond donors (Lipinski definition) is 2. The molecule has 1 aromatic heterocycles. The first-order valence-electron chi connectivity index (χ1n) is 8.32. The molecule has 25 heavy (non-hydrogen) atoms. The number of carboxylic acid groups (broad SMARTS) is 2. The molecular formula is C16H23N3O4S2. The third-order valence-corrected chi connectivity index (χ3v) is 6.00. The molecule has 9 heteroatoms. The second kappa shape index (κ2) is 9.88. The van der Waals surface area contributed by atoms with Crippen LogP contribution < -0.4 is 0 Å². The number of fused-ring (bicyclic) bond motifs is 2. The highest BCUT2D eigenvalue weighted by Crippen LogP contribution is 2.42. The highest BCUT2D eigenvalue weighted by molar-refractivity contribution is 7.99. The fourth-order valence-electron chi connectivity index (χ4n) is 3.06. The molecule has 0 saturated carbocycles. The van der Waals surface area contributed by atoms with Crippen LogP contribution in [0, 0.1) is 5.92 Å². The number of unbranched alkanes of at least 4 members (excludes halogenated alkanes) is 1. The van der Waals surface area contributed by atoms with Crippen molar-refractivity contribution in [2.45, 2.75) is 37.1 Å². The Bertz CT molecular complexity index is 604. The van der Waals surface area contributed by atoms with Crippen molar-refractivity contribution in [1.82, 2.24) is 13.6 Å². The fourth-order valence-corrected chi connectivity index (χ4v) is 4.92. The lowest BCUT2D eigenvalue weighted by atomic mass is 9.90. The molecule has 1 aromatic rings. The molecule has 0 amide bonds. The van der Waals surface area contributed by atoms with E-state index in [-0.39, 0.29) is 0 Å². The van der Waals surface area contributed by atoms with Gasteiger partial charge in [0.1, 0.15) is 5.03 Å². The summed E-state index contributed by atoms with van der Waals surface area (Å²) in [5.74, 6) is 0.201. The normalized spacial score (nSPS) is 24.3. The van der Waals surface area contributed by atoms with Crippen LogP contribution in [0.5, 0.6) is 0 Å². The zero-order valence-corrected chi connectivity index (χ0v) is 15.8. The maximum atomic E-state index is 9.55. The first kappa shape index (κ1) is 19.9. The molecule has 2 saturated heterocycles. The minimum atomic E-state index is -1.26. The van der Waals surface area contributed by atoms with Gasteiger partial charge >= 0.3 is 11.9 Å². The van der Waals surface area contributed by atoms with Crippen LogP contribution in [0.1, 0.15) is 37.8 Å². The average molecular weight is 386 g/mol. The largest absolute Gasteiger partial charge is 0.478 e. The maximum absolute atomic E-state index is 9.55. The lowest BCUT2D eigenvalue weighted by molar-refractivity contribution is -0.134. The Kier molecular flexibility index (Phi) is 7.86. The number of hydrogen-bond acceptors (Lipinski definition) is 7. The molecule has 3 atom stereocenters. The zero-order valence-electron chi connectivity index (χ0n) is 14.1. The van der Waals surface area contributed by atoms with Gasteiger partial charge in [-0.2, -0.15) is 8.75 Å². The second-order valence-corrected chi connectivity index (χ2v) is 7.69. The summed E-state index contributed by atoms with van der Waals surface area (Å²) in [6.07, 6.45) is 5.02. The van der Waals surface area contributed by atoms with Crippen LogP contribution in [-0.4, -0.2) is 61.2 Å². The molecule has 0 aliphatic carbocycles. The highest BCUT2D eigenvalue weighted by atomic mass is 32.2. The van der Waals surface area contributed by atoms with Gasteiger partial charge in [0.2, 0.25) is 0 Å². The van der Waals surface area contributed by atoms with E-state index >= 15 is 0 Å². The molecule has 0 spiro atoms. The van der Waals surface area contributed by atoms with Crippen molar-refractivity contribution in [2.75, 3.05) is 25.4 Å². The number of carboxylic acids is 2. The third-order valence-electron chi connectivity index (χ3n) is 4.27. The number of aromatic nitrogens is 2. The van der Waals surface area contributed by atoms with Gasteiger partial charge in [-0.15, -0.1) is 11.8 Å². The van der Waals surface area contributed by atoms with Crippen LogP contribution in [0.2, 0.25) is 0 Å². The second-order valence-electron chi connectivity index (χ2n) is 6.08. The lowest BCUT2D eigenvalue weighted by Gasteiger charge is -2.20. The molecular weight excluding hydrogens is 362 g/mol. The van der Waals surface area contributed by atoms with Crippen molar-refractivity contribution >= 4 is 35.4 Å². The highest BCUT2D eigenvalue weighted by Gasteiger charge is 2.41. The van der Waals surface area contributed by atoms with Crippen LogP contribution in [0.3, 0.4) is 0 Å². The summed E-state index contributed by atoms with van der Waals surface area (Å²) in [4.78, 5) is 21.7. The van der Waals surface area contributed by atoms with Crippen molar-refractivity contribution < 1.29 is 19.8 Å². The molecule has 2 fully saturated rings. The summed E-state index contributed by atoms with van der Waals surface area (Å²) >= 11 is 3.31. The minimum absolute atomic E-state index is 0.558. The number of thioether (sulfide) groups is 1. The monoisotopic (exact) mass is 385 g/mol. The topological polar surface area (TPSA) is 104 Å². The van der Waals surface area contributed by atoms with Crippen LogP contribution >= 0.6 is 23.5 Å². The first-order valence-corrected chi connectivity index (χ1v) is 10.0. The number of piperidine rings is 1. The molecule has 138 valence electrons. The van der Waals surface area contributed by atoms with Crippen molar-refractivity contribution in [1.29, 1.82) is 0 Å². The molecule has 3 heterocycles. The predicted octanol–water partition coefficient (Wildman–Crippen LogP) is 2.56. The van der Waals surface area contributed by atoms with Gasteiger partial charge in [0.15, 0.2) is 0 Å². The summed E-state index contributed by atoms with van der Waals surface area (Å²) in [5.41, 5.74) is 1.31. The third kappa shape index (κ3) is 6.09. The van der Waals surface area contributed by atoms with E-state index in [1.54, 1.807) is 0 Å². The minimum Gasteiger partial charge on any atom is -0.478 e. The Hall–Kier alpha value is -1.45. The van der Waals surface area contributed by atoms with Crippen molar-refractivity contribution in [3.8, 4) is 0 Å². The smallest absolute Gasteiger partial charge is 0.328 e. The van der Waals surface area contributed by atoms with Gasteiger partial charge in [-0.3, -0.25) is 0 Å². The van der Waals surface area contributed by atoms with Crippen molar-refractivity contribution in [3.05, 3.63) is 17.8 Å². The van der Waals surface area contributed by atoms with Gasteiger partial charge < -0.3 is 15.1 Å². The number of carbonyl (C=O) groups is 2. The Labute approximate surface area is 155 Å². The van der Waals surface area contributed by atoms with Crippen LogP contribution in [-0.2, 0) is 9.59 Å². The van der Waals surface area contributed by atoms with Gasteiger partial charge in [0, 0.05) is 31.2 Å². The molecule has 2 aliphatic heterocycles. The standard InChI is InChI=1S/C12H19N3S2.C4H4O4/c1-2-3-6-16-12-11(13-17-14-12)10-8-15-5-4-9(10)7-15;5-3(6)1-2-4(7)8/h9-10H,2-8H2,1H3;1-2H,(H,5,6)(H,7,8)/b;2-1+. The Morgan fingerprint density at radius 3 is 2.52 bits per heavy atom. The Morgan fingerprint density at radius 2 is 2.00 bits per heavy atom. The van der Waals surface area contributed by atoms with Gasteiger partial charge in [0.25, 0.3) is 0 Å². The summed E-state index contributed by atoms with van der Waals surface area (Å²) in [6, 6.07) is 0. The van der Waals surface area contributed by atoms with E-state index in [0.717, 1.165) is 5.92 Å². The molecule has 3 unspecified atom stereocenters. The summed E-state index contributed by atoms with van der Waals surface area (Å²) < 4.78 is 9.07. The Morgan fingerprint density at radius 1 is 1.28 bits per heavy atom.